The van der Waals surface area contributed by atoms with E-state index in [4.69, 9.17) is 22.0 Å². The molecule has 3 saturated carbocycles. The number of anilines is 3. The van der Waals surface area contributed by atoms with E-state index < -0.39 is 23.3 Å². The second-order valence-electron chi connectivity index (χ2n) is 14.3. The van der Waals surface area contributed by atoms with Crippen molar-refractivity contribution in [2.24, 2.45) is 5.84 Å². The second-order valence-corrected chi connectivity index (χ2v) is 14.3. The monoisotopic (exact) mass is 666 g/mol. The number of hydrogen-bond donors (Lipinski definition) is 6. The van der Waals surface area contributed by atoms with Crippen LogP contribution in [0.2, 0.25) is 0 Å². The number of benzene rings is 2. The number of nitrogens with zero attached hydrogens (tertiary/aromatic N) is 4. The third kappa shape index (κ3) is 6.79. The Bertz CT molecular complexity index is 1840. The lowest BCUT2D eigenvalue weighted by atomic mass is 9.53. The third-order valence-corrected chi connectivity index (χ3v) is 10.0. The average molecular weight is 667 g/mol. The van der Waals surface area contributed by atoms with Gasteiger partial charge in [-0.25, -0.2) is 15.6 Å². The van der Waals surface area contributed by atoms with Gasteiger partial charge in [0.05, 0.1) is 24.5 Å². The smallest absolute Gasteiger partial charge is 0.411 e. The molecule has 0 aliphatic heterocycles. The van der Waals surface area contributed by atoms with E-state index in [-0.39, 0.29) is 35.0 Å². The number of aromatic nitrogens is 3. The lowest BCUT2D eigenvalue weighted by Gasteiger charge is -2.59. The van der Waals surface area contributed by atoms with Crippen LogP contribution in [0.5, 0.6) is 5.75 Å². The summed E-state index contributed by atoms with van der Waals surface area (Å²) in [6.07, 6.45) is 7.80. The maximum Gasteiger partial charge on any atom is 0.411 e. The molecule has 2 aromatic heterocycles. The Morgan fingerprint density at radius 1 is 1.10 bits per heavy atom. The van der Waals surface area contributed by atoms with E-state index in [1.165, 1.54) is 0 Å². The number of rotatable bonds is 9. The Kier molecular flexibility index (Phi) is 9.03. The number of aliphatic hydroxyl groups is 1. The highest BCUT2D eigenvalue weighted by Gasteiger charge is 2.58. The van der Waals surface area contributed by atoms with E-state index in [0.717, 1.165) is 42.4 Å². The molecule has 3 aliphatic rings. The van der Waals surface area contributed by atoms with Crippen molar-refractivity contribution < 1.29 is 19.7 Å². The molecule has 1 amide bonds. The van der Waals surface area contributed by atoms with E-state index in [1.54, 1.807) is 40.0 Å². The summed E-state index contributed by atoms with van der Waals surface area (Å²) in [6.45, 7) is 6.13. The number of pyridine rings is 1. The molecule has 7 rings (SSSR count). The fourth-order valence-electron chi connectivity index (χ4n) is 7.57. The van der Waals surface area contributed by atoms with Gasteiger partial charge >= 0.3 is 6.09 Å². The molecule has 0 spiro atoms. The van der Waals surface area contributed by atoms with Crippen LogP contribution in [0, 0.1) is 0 Å². The summed E-state index contributed by atoms with van der Waals surface area (Å²) in [5, 5.41) is 26.3. The summed E-state index contributed by atoms with van der Waals surface area (Å²) < 4.78 is 7.76. The molecule has 258 valence electrons. The number of ether oxygens (including phenoxy) is 1. The molecule has 0 radical (unpaired) electrons. The maximum absolute atomic E-state index is 14.1. The summed E-state index contributed by atoms with van der Waals surface area (Å²) in [5.74, 6) is 6.35. The highest BCUT2D eigenvalue weighted by molar-refractivity contribution is 5.90. The van der Waals surface area contributed by atoms with Crippen LogP contribution in [0.1, 0.15) is 75.1 Å². The zero-order valence-corrected chi connectivity index (χ0v) is 28.3. The quantitative estimate of drug-likeness (QED) is 0.103. The largest absolute Gasteiger partial charge is 0.508 e. The van der Waals surface area contributed by atoms with E-state index in [9.17, 15) is 15.0 Å². The number of hydrogen-bond acceptors (Lipinski definition) is 10. The molecular weight excluding hydrogens is 620 g/mol. The van der Waals surface area contributed by atoms with Crippen LogP contribution in [0.25, 0.3) is 5.57 Å². The van der Waals surface area contributed by atoms with Crippen LogP contribution in [-0.2, 0) is 16.7 Å². The topological polar surface area (TPSA) is 191 Å². The first-order valence-corrected chi connectivity index (χ1v) is 16.6. The van der Waals surface area contributed by atoms with Crippen LogP contribution in [-0.4, -0.2) is 59.8 Å². The van der Waals surface area contributed by atoms with Crippen LogP contribution in [0.3, 0.4) is 0 Å². The Morgan fingerprint density at radius 3 is 2.49 bits per heavy atom. The highest BCUT2D eigenvalue weighted by atomic mass is 16.6. The van der Waals surface area contributed by atoms with Crippen LogP contribution < -0.4 is 22.7 Å². The first kappa shape index (κ1) is 33.8. The zero-order valence-electron chi connectivity index (χ0n) is 28.3. The second kappa shape index (κ2) is 13.1. The van der Waals surface area contributed by atoms with Gasteiger partial charge in [-0.3, -0.25) is 9.58 Å². The fourth-order valence-corrected chi connectivity index (χ4v) is 7.57. The molecule has 3 aliphatic carbocycles. The Morgan fingerprint density at radius 2 is 1.84 bits per heavy atom. The normalized spacial score (nSPS) is 22.1. The van der Waals surface area contributed by atoms with Gasteiger partial charge in [0, 0.05) is 34.8 Å². The Labute approximate surface area is 286 Å². The number of nitrogens with one attached hydrogen (secondary N) is 1. The number of carbonyl (C=O) groups excluding carboxylic acids is 1. The number of nitrogen functional groups attached to an aromatic ring is 3. The molecule has 12 nitrogen and oxygen atoms in total. The molecule has 3 fully saturated rings. The molecule has 0 saturated heterocycles. The van der Waals surface area contributed by atoms with Gasteiger partial charge in [-0.15, -0.1) is 0 Å². The highest BCUT2D eigenvalue weighted by Crippen LogP contribution is 2.56. The molecule has 2 bridgehead atoms. The lowest BCUT2D eigenvalue weighted by Crippen LogP contribution is -2.65. The van der Waals surface area contributed by atoms with Crippen LogP contribution in [0.15, 0.2) is 79.1 Å². The molecule has 49 heavy (non-hydrogen) atoms. The van der Waals surface area contributed by atoms with Gasteiger partial charge in [-0.2, -0.15) is 5.10 Å². The van der Waals surface area contributed by atoms with Gasteiger partial charge in [-0.1, -0.05) is 48.5 Å². The number of fused-ring (bicyclic) bond motifs is 3. The van der Waals surface area contributed by atoms with Gasteiger partial charge in [0.2, 0.25) is 0 Å². The van der Waals surface area contributed by atoms with Crippen molar-refractivity contribution in [1.29, 1.82) is 0 Å². The maximum atomic E-state index is 14.1. The third-order valence-electron chi connectivity index (χ3n) is 10.0. The standard InChI is InChI=1S/C37H46N8O4/c1-35(2,3)49-34(48)45(36-13-15-37(16-14-36,30(47)20-36)26-9-5-4-6-10-26)17-12-28(29-19-31(38)42-33(43-40)32(29)39)25-21-41-44(23-25)22-24-8-7-11-27(46)18-24/h4-12,18-19,21,23,30,46-47H,13-17,20,22,39-40H2,1-3H3,(H3,38,42,43)/b28-12+. The van der Waals surface area contributed by atoms with Crippen LogP contribution in [0.4, 0.5) is 22.1 Å². The number of phenols is 1. The van der Waals surface area contributed by atoms with Crippen molar-refractivity contribution in [2.75, 3.05) is 23.4 Å². The van der Waals surface area contributed by atoms with Crippen molar-refractivity contribution in [3.63, 3.8) is 0 Å². The summed E-state index contributed by atoms with van der Waals surface area (Å²) in [5.41, 5.74) is 17.9. The van der Waals surface area contributed by atoms with E-state index in [0.29, 0.717) is 24.1 Å². The Hall–Kier alpha value is -5.07. The predicted octanol–water partition coefficient (Wildman–Crippen LogP) is 5.17. The first-order valence-electron chi connectivity index (χ1n) is 16.6. The number of amides is 1. The summed E-state index contributed by atoms with van der Waals surface area (Å²) in [4.78, 5) is 20.1. The fraction of sp³-hybridized carbons (Fsp3) is 0.378. The molecular formula is C37H46N8O4. The number of carbonyl (C=O) groups is 1. The first-order chi connectivity index (χ1) is 23.3. The summed E-state index contributed by atoms with van der Waals surface area (Å²) in [7, 11) is 0. The summed E-state index contributed by atoms with van der Waals surface area (Å²) in [6, 6.07) is 18.9. The van der Waals surface area contributed by atoms with Gasteiger partial charge in [0.15, 0.2) is 5.82 Å². The molecule has 2 aromatic carbocycles. The lowest BCUT2D eigenvalue weighted by molar-refractivity contribution is -0.0966. The summed E-state index contributed by atoms with van der Waals surface area (Å²) >= 11 is 0. The molecule has 2 heterocycles. The number of nitrogens with two attached hydrogens (primary N) is 3. The minimum absolute atomic E-state index is 0.167. The number of hydrazine groups is 1. The molecule has 4 aromatic rings. The van der Waals surface area contributed by atoms with Crippen molar-refractivity contribution in [1.82, 2.24) is 19.7 Å². The molecule has 1 atom stereocenters. The SMILES string of the molecule is CC(C)(C)OC(=O)N(C/C=C(\c1cnn(Cc2cccc(O)c2)c1)c1cc(N)nc(NN)c1N)C12CCC(c3ccccc3)(CC1)C(O)C2. The zero-order chi connectivity index (χ0) is 35.0. The predicted molar refractivity (Wildman–Crippen MR) is 190 cm³/mol. The average Bonchev–Trinajstić information content (AvgIpc) is 3.52. The van der Waals surface area contributed by atoms with Crippen molar-refractivity contribution in [2.45, 2.75) is 82.1 Å². The van der Waals surface area contributed by atoms with Crippen molar-refractivity contribution in [3.8, 4) is 5.75 Å². The van der Waals surface area contributed by atoms with Crippen molar-refractivity contribution >= 4 is 29.0 Å². The van der Waals surface area contributed by atoms with Gasteiger partial charge < -0.3 is 31.8 Å². The van der Waals surface area contributed by atoms with E-state index in [1.807, 2.05) is 57.3 Å². The van der Waals surface area contributed by atoms with Gasteiger partial charge in [0.25, 0.3) is 0 Å². The van der Waals surface area contributed by atoms with Gasteiger partial charge in [0.1, 0.15) is 17.2 Å². The minimum Gasteiger partial charge on any atom is -0.508 e. The van der Waals surface area contributed by atoms with Crippen molar-refractivity contribution in [3.05, 3.63) is 101 Å². The molecule has 1 unspecified atom stereocenters. The number of phenolic OH excluding ortho intramolecular Hbond substituents is 1. The minimum atomic E-state index is -0.729. The Balaban J connectivity index is 1.40. The van der Waals surface area contributed by atoms with E-state index in [2.05, 4.69) is 27.6 Å². The van der Waals surface area contributed by atoms with Crippen LogP contribution >= 0.6 is 0 Å². The molecule has 12 heteroatoms. The van der Waals surface area contributed by atoms with E-state index >= 15 is 0 Å². The molecule has 9 N–H and O–H groups in total. The number of aliphatic hydroxyl groups excluding tert-OH is 1. The number of aromatic hydroxyl groups is 1. The van der Waals surface area contributed by atoms with Gasteiger partial charge in [-0.05, 0) is 87.8 Å².